The zero-order chi connectivity index (χ0) is 10.6. The maximum atomic E-state index is 13.2. The molecule has 0 bridgehead atoms. The molecule has 76 valence electrons. The van der Waals surface area contributed by atoms with E-state index >= 15 is 0 Å². The third-order valence-electron chi connectivity index (χ3n) is 1.81. The van der Waals surface area contributed by atoms with Crippen LogP contribution < -0.4 is 5.32 Å². The van der Waals surface area contributed by atoms with Crippen LogP contribution in [0.3, 0.4) is 0 Å². The summed E-state index contributed by atoms with van der Waals surface area (Å²) in [4.78, 5) is 12.3. The molecule has 1 aromatic carbocycles. The van der Waals surface area contributed by atoms with E-state index in [1.165, 1.54) is 17.8 Å². The Bertz CT molecular complexity index is 341. The number of carbonyl (C=O) groups is 1. The zero-order valence-corrected chi connectivity index (χ0v) is 8.95. The number of hydrogen-bond donors (Lipinski definition) is 1. The third-order valence-corrected chi connectivity index (χ3v) is 2.54. The molecule has 0 saturated carbocycles. The zero-order valence-electron chi connectivity index (χ0n) is 8.13. The summed E-state index contributed by atoms with van der Waals surface area (Å²) in [5.41, 5.74) is 0.159. The Morgan fingerprint density at radius 3 is 2.86 bits per heavy atom. The van der Waals surface area contributed by atoms with Crippen LogP contribution in [-0.4, -0.2) is 25.6 Å². The topological polar surface area (TPSA) is 29.1 Å². The van der Waals surface area contributed by atoms with Crippen molar-refractivity contribution in [3.8, 4) is 0 Å². The minimum atomic E-state index is -0.456. The van der Waals surface area contributed by atoms with E-state index in [-0.39, 0.29) is 17.9 Å². The number of halogens is 1. The molecule has 0 aromatic heterocycles. The van der Waals surface area contributed by atoms with E-state index in [0.717, 1.165) is 4.90 Å². The average molecular weight is 213 g/mol. The Labute approximate surface area is 86.9 Å². The Hall–Kier alpha value is -0.870. The number of ketones is 1. The number of carbonyl (C=O) groups excluding carboxylic acids is 1. The van der Waals surface area contributed by atoms with Gasteiger partial charge in [0.05, 0.1) is 12.1 Å². The highest BCUT2D eigenvalue weighted by Gasteiger charge is 2.11. The second kappa shape index (κ2) is 5.12. The number of Topliss-reactive ketones (excluding diaryl/α,β-unsaturated/α-hetero) is 1. The Morgan fingerprint density at radius 2 is 2.29 bits per heavy atom. The van der Waals surface area contributed by atoms with E-state index in [1.807, 2.05) is 6.26 Å². The number of nitrogens with one attached hydrogen (secondary N) is 1. The fourth-order valence-corrected chi connectivity index (χ4v) is 1.54. The lowest BCUT2D eigenvalue weighted by Gasteiger charge is -2.03. The minimum absolute atomic E-state index is 0.159. The summed E-state index contributed by atoms with van der Waals surface area (Å²) < 4.78 is 13.2. The first-order valence-corrected chi connectivity index (χ1v) is 5.43. The Balaban J connectivity index is 2.99. The third kappa shape index (κ3) is 2.56. The first-order chi connectivity index (χ1) is 6.69. The summed E-state index contributed by atoms with van der Waals surface area (Å²) in [6, 6.07) is 4.57. The summed E-state index contributed by atoms with van der Waals surface area (Å²) in [6.07, 6.45) is 1.89. The van der Waals surface area contributed by atoms with Gasteiger partial charge in [0.1, 0.15) is 5.82 Å². The maximum absolute atomic E-state index is 13.2. The van der Waals surface area contributed by atoms with Crippen molar-refractivity contribution >= 4 is 17.5 Å². The van der Waals surface area contributed by atoms with E-state index in [4.69, 9.17) is 0 Å². The largest absolute Gasteiger partial charge is 0.313 e. The van der Waals surface area contributed by atoms with Gasteiger partial charge in [-0.2, -0.15) is 0 Å². The van der Waals surface area contributed by atoms with Crippen molar-refractivity contribution in [2.45, 2.75) is 4.90 Å². The van der Waals surface area contributed by atoms with Gasteiger partial charge in [0, 0.05) is 4.90 Å². The molecule has 2 nitrogen and oxygen atoms in total. The first kappa shape index (κ1) is 11.2. The van der Waals surface area contributed by atoms with Crippen LogP contribution in [0.4, 0.5) is 4.39 Å². The molecule has 0 atom stereocenters. The molecular formula is C10H12FNOS. The monoisotopic (exact) mass is 213 g/mol. The van der Waals surface area contributed by atoms with E-state index in [0.29, 0.717) is 0 Å². The van der Waals surface area contributed by atoms with Crippen molar-refractivity contribution in [3.63, 3.8) is 0 Å². The number of benzene rings is 1. The standard InChI is InChI=1S/C10H12FNOS/c1-12-6-10(13)8-5-7(14-2)3-4-9(8)11/h3-5,12H,6H2,1-2H3. The molecule has 0 radical (unpaired) electrons. The van der Waals surface area contributed by atoms with E-state index in [9.17, 15) is 9.18 Å². The summed E-state index contributed by atoms with van der Waals surface area (Å²) >= 11 is 1.49. The summed E-state index contributed by atoms with van der Waals surface area (Å²) in [5, 5.41) is 2.71. The van der Waals surface area contributed by atoms with Gasteiger partial charge >= 0.3 is 0 Å². The van der Waals surface area contributed by atoms with Crippen LogP contribution >= 0.6 is 11.8 Å². The molecule has 0 fully saturated rings. The van der Waals surface area contributed by atoms with Gasteiger partial charge in [-0.05, 0) is 31.5 Å². The molecule has 0 saturated heterocycles. The van der Waals surface area contributed by atoms with Crippen molar-refractivity contribution < 1.29 is 9.18 Å². The first-order valence-electron chi connectivity index (χ1n) is 4.20. The molecule has 0 unspecified atom stereocenters. The highest BCUT2D eigenvalue weighted by atomic mass is 32.2. The van der Waals surface area contributed by atoms with E-state index in [1.54, 1.807) is 19.2 Å². The summed E-state index contributed by atoms with van der Waals surface area (Å²) in [6.45, 7) is 0.161. The van der Waals surface area contributed by atoms with Gasteiger partial charge < -0.3 is 5.32 Å². The molecule has 0 aliphatic heterocycles. The van der Waals surface area contributed by atoms with Crippen molar-refractivity contribution in [2.75, 3.05) is 19.8 Å². The fraction of sp³-hybridized carbons (Fsp3) is 0.300. The molecule has 1 aromatic rings. The normalized spacial score (nSPS) is 10.2. The summed E-state index contributed by atoms with van der Waals surface area (Å²) in [7, 11) is 1.66. The van der Waals surface area contributed by atoms with Crippen molar-refractivity contribution in [3.05, 3.63) is 29.6 Å². The molecule has 0 heterocycles. The lowest BCUT2D eigenvalue weighted by Crippen LogP contribution is -2.19. The SMILES string of the molecule is CNCC(=O)c1cc(SC)ccc1F. The molecule has 4 heteroatoms. The maximum Gasteiger partial charge on any atom is 0.179 e. The van der Waals surface area contributed by atoms with Gasteiger partial charge in [-0.25, -0.2) is 4.39 Å². The molecule has 0 aliphatic carbocycles. The van der Waals surface area contributed by atoms with E-state index in [2.05, 4.69) is 5.32 Å². The van der Waals surface area contributed by atoms with Gasteiger partial charge in [-0.3, -0.25) is 4.79 Å². The van der Waals surface area contributed by atoms with Crippen LogP contribution in [0, 0.1) is 5.82 Å². The Kier molecular flexibility index (Phi) is 4.10. The summed E-state index contributed by atoms with van der Waals surface area (Å²) in [5.74, 6) is -0.677. The van der Waals surface area contributed by atoms with Crippen LogP contribution in [0.15, 0.2) is 23.1 Å². The van der Waals surface area contributed by atoms with Crippen LogP contribution in [-0.2, 0) is 0 Å². The Morgan fingerprint density at radius 1 is 1.57 bits per heavy atom. The minimum Gasteiger partial charge on any atom is -0.313 e. The highest BCUT2D eigenvalue weighted by Crippen LogP contribution is 2.18. The lowest BCUT2D eigenvalue weighted by atomic mass is 10.1. The van der Waals surface area contributed by atoms with E-state index < -0.39 is 5.82 Å². The number of thioether (sulfide) groups is 1. The number of rotatable bonds is 4. The fourth-order valence-electron chi connectivity index (χ4n) is 1.10. The lowest BCUT2D eigenvalue weighted by molar-refractivity contribution is 0.0989. The molecule has 1 rings (SSSR count). The van der Waals surface area contributed by atoms with Crippen molar-refractivity contribution in [1.29, 1.82) is 0 Å². The smallest absolute Gasteiger partial charge is 0.179 e. The molecular weight excluding hydrogens is 201 g/mol. The second-order valence-corrected chi connectivity index (χ2v) is 3.68. The van der Waals surface area contributed by atoms with Gasteiger partial charge in [-0.1, -0.05) is 0 Å². The quantitative estimate of drug-likeness (QED) is 0.612. The van der Waals surface area contributed by atoms with Gasteiger partial charge in [-0.15, -0.1) is 11.8 Å². The molecule has 1 N–H and O–H groups in total. The van der Waals surface area contributed by atoms with Crippen molar-refractivity contribution in [2.24, 2.45) is 0 Å². The predicted molar refractivity (Wildman–Crippen MR) is 56.4 cm³/mol. The number of likely N-dealkylation sites (N-methyl/N-ethyl adjacent to an activating group) is 1. The van der Waals surface area contributed by atoms with Crippen LogP contribution in [0.1, 0.15) is 10.4 Å². The van der Waals surface area contributed by atoms with Crippen LogP contribution in [0.25, 0.3) is 0 Å². The van der Waals surface area contributed by atoms with Crippen LogP contribution in [0.5, 0.6) is 0 Å². The van der Waals surface area contributed by atoms with Crippen LogP contribution in [0.2, 0.25) is 0 Å². The molecule has 0 amide bonds. The molecule has 0 spiro atoms. The highest BCUT2D eigenvalue weighted by molar-refractivity contribution is 7.98. The predicted octanol–water partition coefficient (Wildman–Crippen LogP) is 1.95. The van der Waals surface area contributed by atoms with Crippen molar-refractivity contribution in [1.82, 2.24) is 5.32 Å². The van der Waals surface area contributed by atoms with Gasteiger partial charge in [0.15, 0.2) is 5.78 Å². The second-order valence-electron chi connectivity index (χ2n) is 2.80. The van der Waals surface area contributed by atoms with Gasteiger partial charge in [0.25, 0.3) is 0 Å². The van der Waals surface area contributed by atoms with Gasteiger partial charge in [0.2, 0.25) is 0 Å². The molecule has 14 heavy (non-hydrogen) atoms. The molecule has 0 aliphatic rings. The average Bonchev–Trinajstić information content (AvgIpc) is 2.19. The number of hydrogen-bond acceptors (Lipinski definition) is 3.